The maximum absolute atomic E-state index is 12.4. The van der Waals surface area contributed by atoms with E-state index in [4.69, 9.17) is 0 Å². The Bertz CT molecular complexity index is 636. The number of para-hydroxylation sites is 1. The third-order valence-electron chi connectivity index (χ3n) is 4.14. The number of amides is 1. The lowest BCUT2D eigenvalue weighted by molar-refractivity contribution is 0.0928. The summed E-state index contributed by atoms with van der Waals surface area (Å²) in [6, 6.07) is 11.7. The van der Waals surface area contributed by atoms with Crippen molar-refractivity contribution in [1.82, 2.24) is 15.3 Å². The van der Waals surface area contributed by atoms with Crippen LogP contribution in [0, 0.1) is 0 Å². The van der Waals surface area contributed by atoms with Crippen LogP contribution in [0.5, 0.6) is 0 Å². The minimum absolute atomic E-state index is 0.115. The van der Waals surface area contributed by atoms with Crippen LogP contribution in [0.3, 0.4) is 0 Å². The van der Waals surface area contributed by atoms with E-state index in [2.05, 4.69) is 20.6 Å². The van der Waals surface area contributed by atoms with Gasteiger partial charge in [0.25, 0.3) is 5.91 Å². The molecule has 3 rings (SSSR count). The van der Waals surface area contributed by atoms with Gasteiger partial charge in [0.15, 0.2) is 0 Å². The average molecular weight is 310 g/mol. The van der Waals surface area contributed by atoms with Crippen molar-refractivity contribution in [2.24, 2.45) is 0 Å². The van der Waals surface area contributed by atoms with Crippen molar-refractivity contribution in [3.8, 4) is 0 Å². The van der Waals surface area contributed by atoms with Gasteiger partial charge in [-0.15, -0.1) is 0 Å². The molecule has 1 aromatic heterocycles. The Morgan fingerprint density at radius 3 is 2.48 bits per heavy atom. The quantitative estimate of drug-likeness (QED) is 0.846. The zero-order chi connectivity index (χ0) is 15.9. The number of carbonyl (C=O) groups excluding carboxylic acids is 1. The standard InChI is InChI=1S/C18H22N4O/c23-18(22-15-10-4-1-2-5-11-15)16-12-17(20-13-19-16)21-14-8-6-3-7-9-14/h3,6-9,12-13,15H,1-2,4-5,10-11H2,(H,22,23)(H,19,20,21). The zero-order valence-electron chi connectivity index (χ0n) is 13.2. The number of hydrogen-bond donors (Lipinski definition) is 2. The van der Waals surface area contributed by atoms with Crippen molar-refractivity contribution in [3.05, 3.63) is 48.4 Å². The van der Waals surface area contributed by atoms with Crippen molar-refractivity contribution in [1.29, 1.82) is 0 Å². The molecule has 0 spiro atoms. The fraction of sp³-hybridized carbons (Fsp3) is 0.389. The molecular formula is C18H22N4O. The summed E-state index contributed by atoms with van der Waals surface area (Å²) in [5.74, 6) is 0.507. The predicted octanol–water partition coefficient (Wildman–Crippen LogP) is 3.67. The second kappa shape index (κ2) is 7.72. The average Bonchev–Trinajstić information content (AvgIpc) is 2.85. The highest BCUT2D eigenvalue weighted by Crippen LogP contribution is 2.18. The Labute approximate surface area is 136 Å². The van der Waals surface area contributed by atoms with Crippen LogP contribution in [0.4, 0.5) is 11.5 Å². The maximum Gasteiger partial charge on any atom is 0.270 e. The van der Waals surface area contributed by atoms with Gasteiger partial charge in [0.1, 0.15) is 17.8 Å². The number of hydrogen-bond acceptors (Lipinski definition) is 4. The van der Waals surface area contributed by atoms with Crippen molar-refractivity contribution in [2.45, 2.75) is 44.6 Å². The smallest absolute Gasteiger partial charge is 0.270 e. The molecule has 2 aromatic rings. The Hall–Kier alpha value is -2.43. The predicted molar refractivity (Wildman–Crippen MR) is 90.7 cm³/mol. The van der Waals surface area contributed by atoms with Gasteiger partial charge in [-0.05, 0) is 25.0 Å². The van der Waals surface area contributed by atoms with Crippen LogP contribution in [-0.4, -0.2) is 21.9 Å². The van der Waals surface area contributed by atoms with Crippen LogP contribution in [0.1, 0.15) is 49.0 Å². The first-order valence-corrected chi connectivity index (χ1v) is 8.26. The number of anilines is 2. The minimum Gasteiger partial charge on any atom is -0.348 e. The van der Waals surface area contributed by atoms with Crippen LogP contribution in [0.15, 0.2) is 42.7 Å². The molecule has 0 unspecified atom stereocenters. The lowest BCUT2D eigenvalue weighted by Crippen LogP contribution is -2.34. The summed E-state index contributed by atoms with van der Waals surface area (Å²) < 4.78 is 0. The molecule has 1 fully saturated rings. The van der Waals surface area contributed by atoms with Crippen molar-refractivity contribution in [2.75, 3.05) is 5.32 Å². The second-order valence-electron chi connectivity index (χ2n) is 5.94. The summed E-state index contributed by atoms with van der Waals surface area (Å²) in [6.07, 6.45) is 8.46. The Balaban J connectivity index is 1.65. The molecule has 0 atom stereocenters. The van der Waals surface area contributed by atoms with Crippen LogP contribution in [-0.2, 0) is 0 Å². The molecule has 1 aromatic carbocycles. The third-order valence-corrected chi connectivity index (χ3v) is 4.14. The molecule has 1 saturated carbocycles. The summed E-state index contributed by atoms with van der Waals surface area (Å²) in [6.45, 7) is 0. The van der Waals surface area contributed by atoms with Gasteiger partial charge >= 0.3 is 0 Å². The van der Waals surface area contributed by atoms with E-state index in [-0.39, 0.29) is 11.9 Å². The van der Waals surface area contributed by atoms with E-state index in [0.29, 0.717) is 11.5 Å². The van der Waals surface area contributed by atoms with E-state index in [1.165, 1.54) is 32.0 Å². The highest BCUT2D eigenvalue weighted by atomic mass is 16.1. The zero-order valence-corrected chi connectivity index (χ0v) is 13.2. The summed E-state index contributed by atoms with van der Waals surface area (Å²) >= 11 is 0. The molecule has 0 bridgehead atoms. The number of rotatable bonds is 4. The molecular weight excluding hydrogens is 288 g/mol. The largest absolute Gasteiger partial charge is 0.348 e. The highest BCUT2D eigenvalue weighted by molar-refractivity contribution is 5.93. The van der Waals surface area contributed by atoms with Gasteiger partial charge < -0.3 is 10.6 Å². The first-order chi connectivity index (χ1) is 11.3. The lowest BCUT2D eigenvalue weighted by Gasteiger charge is -2.16. The number of benzene rings is 1. The van der Waals surface area contributed by atoms with Crippen LogP contribution in [0.2, 0.25) is 0 Å². The second-order valence-corrected chi connectivity index (χ2v) is 5.94. The van der Waals surface area contributed by atoms with Crippen LogP contribution >= 0.6 is 0 Å². The van der Waals surface area contributed by atoms with Gasteiger partial charge in [-0.25, -0.2) is 9.97 Å². The van der Waals surface area contributed by atoms with Gasteiger partial charge in [-0.3, -0.25) is 4.79 Å². The minimum atomic E-state index is -0.115. The van der Waals surface area contributed by atoms with E-state index < -0.39 is 0 Å². The van der Waals surface area contributed by atoms with E-state index in [1.807, 2.05) is 30.3 Å². The SMILES string of the molecule is O=C(NC1CCCCCC1)c1cc(Nc2ccccc2)ncn1. The Morgan fingerprint density at radius 1 is 1.00 bits per heavy atom. The number of carbonyl (C=O) groups is 1. The van der Waals surface area contributed by atoms with Crippen LogP contribution < -0.4 is 10.6 Å². The van der Waals surface area contributed by atoms with Gasteiger partial charge in [-0.2, -0.15) is 0 Å². The molecule has 1 heterocycles. The van der Waals surface area contributed by atoms with Gasteiger partial charge in [0.05, 0.1) is 0 Å². The molecule has 0 aliphatic heterocycles. The molecule has 5 heteroatoms. The van der Waals surface area contributed by atoms with Crippen LogP contribution in [0.25, 0.3) is 0 Å². The molecule has 1 aliphatic rings. The number of nitrogens with zero attached hydrogens (tertiary/aromatic N) is 2. The van der Waals surface area contributed by atoms with Gasteiger partial charge in [0.2, 0.25) is 0 Å². The van der Waals surface area contributed by atoms with Crippen molar-refractivity contribution in [3.63, 3.8) is 0 Å². The molecule has 0 radical (unpaired) electrons. The molecule has 23 heavy (non-hydrogen) atoms. The third kappa shape index (κ3) is 4.52. The van der Waals surface area contributed by atoms with E-state index in [0.717, 1.165) is 18.5 Å². The molecule has 1 amide bonds. The lowest BCUT2D eigenvalue weighted by atomic mass is 10.1. The molecule has 0 saturated heterocycles. The van der Waals surface area contributed by atoms with Gasteiger partial charge in [0, 0.05) is 17.8 Å². The summed E-state index contributed by atoms with van der Waals surface area (Å²) in [4.78, 5) is 20.7. The normalized spacial score (nSPS) is 15.7. The summed E-state index contributed by atoms with van der Waals surface area (Å²) in [5, 5.41) is 6.29. The number of aromatic nitrogens is 2. The fourth-order valence-corrected chi connectivity index (χ4v) is 2.90. The monoisotopic (exact) mass is 310 g/mol. The van der Waals surface area contributed by atoms with E-state index in [9.17, 15) is 4.79 Å². The summed E-state index contributed by atoms with van der Waals surface area (Å²) in [5.41, 5.74) is 1.34. The topological polar surface area (TPSA) is 66.9 Å². The molecule has 1 aliphatic carbocycles. The Kier molecular flexibility index (Phi) is 5.19. The molecule has 2 N–H and O–H groups in total. The first-order valence-electron chi connectivity index (χ1n) is 8.26. The van der Waals surface area contributed by atoms with E-state index in [1.54, 1.807) is 6.07 Å². The Morgan fingerprint density at radius 2 is 1.74 bits per heavy atom. The van der Waals surface area contributed by atoms with Crippen molar-refractivity contribution >= 4 is 17.4 Å². The van der Waals surface area contributed by atoms with Crippen molar-refractivity contribution < 1.29 is 4.79 Å². The fourth-order valence-electron chi connectivity index (χ4n) is 2.90. The van der Waals surface area contributed by atoms with E-state index >= 15 is 0 Å². The first kappa shape index (κ1) is 15.5. The molecule has 5 nitrogen and oxygen atoms in total. The maximum atomic E-state index is 12.4. The molecule has 120 valence electrons. The highest BCUT2D eigenvalue weighted by Gasteiger charge is 2.17. The number of nitrogens with one attached hydrogen (secondary N) is 2. The summed E-state index contributed by atoms with van der Waals surface area (Å²) in [7, 11) is 0. The van der Waals surface area contributed by atoms with Gasteiger partial charge in [-0.1, -0.05) is 43.9 Å².